The van der Waals surface area contributed by atoms with E-state index in [-0.39, 0.29) is 0 Å². The molecule has 0 aromatic carbocycles. The first-order valence-corrected chi connectivity index (χ1v) is 5.24. The van der Waals surface area contributed by atoms with Crippen molar-refractivity contribution < 1.29 is 5.11 Å². The Bertz CT molecular complexity index is 343. The molecular formula is C10H11ClOS. The van der Waals surface area contributed by atoms with E-state index < -0.39 is 5.60 Å². The van der Waals surface area contributed by atoms with E-state index in [2.05, 4.69) is 11.8 Å². The second-order valence-electron chi connectivity index (χ2n) is 2.98. The fourth-order valence-electron chi connectivity index (χ4n) is 0.666. The zero-order valence-electron chi connectivity index (χ0n) is 7.60. The van der Waals surface area contributed by atoms with Gasteiger partial charge in [-0.1, -0.05) is 30.4 Å². The van der Waals surface area contributed by atoms with E-state index in [1.54, 1.807) is 13.0 Å². The highest BCUT2D eigenvalue weighted by atomic mass is 35.5. The average Bonchev–Trinajstić information content (AvgIpc) is 2.48. The first kappa shape index (κ1) is 10.6. The van der Waals surface area contributed by atoms with Gasteiger partial charge in [0.25, 0.3) is 0 Å². The lowest BCUT2D eigenvalue weighted by Gasteiger charge is -2.11. The van der Waals surface area contributed by atoms with Crippen molar-refractivity contribution in [3.63, 3.8) is 0 Å². The summed E-state index contributed by atoms with van der Waals surface area (Å²) in [7, 11) is 0. The molecule has 0 amide bonds. The van der Waals surface area contributed by atoms with Crippen molar-refractivity contribution in [1.29, 1.82) is 0 Å². The molecule has 13 heavy (non-hydrogen) atoms. The largest absolute Gasteiger partial charge is 0.378 e. The van der Waals surface area contributed by atoms with Crippen LogP contribution in [0.1, 0.15) is 25.1 Å². The summed E-state index contributed by atoms with van der Waals surface area (Å²) >= 11 is 7.15. The van der Waals surface area contributed by atoms with Gasteiger partial charge in [-0.15, -0.1) is 11.3 Å². The number of aliphatic hydroxyl groups is 1. The quantitative estimate of drug-likeness (QED) is 0.713. The Labute approximate surface area is 87.4 Å². The van der Waals surface area contributed by atoms with Gasteiger partial charge in [0, 0.05) is 0 Å². The Morgan fingerprint density at radius 2 is 2.31 bits per heavy atom. The highest BCUT2D eigenvalue weighted by molar-refractivity contribution is 7.16. The molecule has 1 atom stereocenters. The van der Waals surface area contributed by atoms with Gasteiger partial charge in [-0.2, -0.15) is 0 Å². The number of thiophene rings is 1. The third-order valence-corrected chi connectivity index (χ3v) is 2.86. The van der Waals surface area contributed by atoms with E-state index in [0.29, 0.717) is 6.42 Å². The molecule has 0 spiro atoms. The van der Waals surface area contributed by atoms with Crippen molar-refractivity contribution in [2.75, 3.05) is 0 Å². The lowest BCUT2D eigenvalue weighted by molar-refractivity contribution is 0.118. The third kappa shape index (κ3) is 3.40. The van der Waals surface area contributed by atoms with Crippen LogP contribution < -0.4 is 0 Å². The van der Waals surface area contributed by atoms with Crippen LogP contribution in [0.4, 0.5) is 0 Å². The molecule has 0 radical (unpaired) electrons. The molecule has 0 saturated heterocycles. The molecule has 0 bridgehead atoms. The van der Waals surface area contributed by atoms with Crippen molar-refractivity contribution in [3.05, 3.63) is 21.3 Å². The molecule has 0 aliphatic heterocycles. The maximum Gasteiger partial charge on any atom is 0.122 e. The Kier molecular flexibility index (Phi) is 3.38. The van der Waals surface area contributed by atoms with Gasteiger partial charge in [-0.3, -0.25) is 0 Å². The fraction of sp³-hybridized carbons (Fsp3) is 0.400. The van der Waals surface area contributed by atoms with E-state index in [4.69, 9.17) is 11.6 Å². The van der Waals surface area contributed by atoms with Gasteiger partial charge in [0.2, 0.25) is 0 Å². The van der Waals surface area contributed by atoms with Crippen molar-refractivity contribution in [1.82, 2.24) is 0 Å². The standard InChI is InChI=1S/C10H11ClOS/c1-3-10(2,12)7-6-8-4-5-9(11)13-8/h4-5,12H,3H2,1-2H3. The first-order chi connectivity index (χ1) is 6.03. The number of hydrogen-bond acceptors (Lipinski definition) is 2. The molecule has 1 unspecified atom stereocenters. The number of rotatable bonds is 1. The molecule has 1 aromatic rings. The van der Waals surface area contributed by atoms with Gasteiger partial charge >= 0.3 is 0 Å². The predicted molar refractivity (Wildman–Crippen MR) is 57.1 cm³/mol. The van der Waals surface area contributed by atoms with Gasteiger partial charge in [-0.05, 0) is 25.5 Å². The predicted octanol–water partition coefficient (Wildman–Crippen LogP) is 2.91. The van der Waals surface area contributed by atoms with Crippen molar-refractivity contribution in [2.24, 2.45) is 0 Å². The van der Waals surface area contributed by atoms with Crippen LogP contribution in [0.15, 0.2) is 12.1 Å². The van der Waals surface area contributed by atoms with Crippen LogP contribution in [0, 0.1) is 11.8 Å². The highest BCUT2D eigenvalue weighted by Crippen LogP contribution is 2.20. The van der Waals surface area contributed by atoms with Crippen LogP contribution in [-0.2, 0) is 0 Å². The van der Waals surface area contributed by atoms with Crippen LogP contribution in [0.25, 0.3) is 0 Å². The summed E-state index contributed by atoms with van der Waals surface area (Å²) in [6, 6.07) is 3.66. The van der Waals surface area contributed by atoms with E-state index in [1.807, 2.05) is 13.0 Å². The van der Waals surface area contributed by atoms with Gasteiger partial charge in [0.1, 0.15) is 5.60 Å². The first-order valence-electron chi connectivity index (χ1n) is 4.04. The molecule has 70 valence electrons. The van der Waals surface area contributed by atoms with E-state index in [9.17, 15) is 5.11 Å². The molecule has 0 saturated carbocycles. The van der Waals surface area contributed by atoms with Gasteiger partial charge in [0.05, 0.1) is 9.21 Å². The lowest BCUT2D eigenvalue weighted by atomic mass is 10.1. The minimum atomic E-state index is -0.892. The summed E-state index contributed by atoms with van der Waals surface area (Å²) in [6.07, 6.45) is 0.624. The Hall–Kier alpha value is -0.490. The summed E-state index contributed by atoms with van der Waals surface area (Å²) in [5.41, 5.74) is -0.892. The smallest absolute Gasteiger partial charge is 0.122 e. The minimum Gasteiger partial charge on any atom is -0.378 e. The molecule has 0 fully saturated rings. The Balaban J connectivity index is 2.78. The molecule has 0 aliphatic carbocycles. The number of halogens is 1. The zero-order chi connectivity index (χ0) is 9.90. The highest BCUT2D eigenvalue weighted by Gasteiger charge is 2.12. The average molecular weight is 215 g/mol. The van der Waals surface area contributed by atoms with E-state index in [1.165, 1.54) is 11.3 Å². The maximum absolute atomic E-state index is 9.59. The van der Waals surface area contributed by atoms with Crippen LogP contribution in [0.5, 0.6) is 0 Å². The molecular weight excluding hydrogens is 204 g/mol. The van der Waals surface area contributed by atoms with Crippen LogP contribution in [0.2, 0.25) is 4.34 Å². The van der Waals surface area contributed by atoms with Gasteiger partial charge in [-0.25, -0.2) is 0 Å². The topological polar surface area (TPSA) is 20.2 Å². The minimum absolute atomic E-state index is 0.624. The zero-order valence-corrected chi connectivity index (χ0v) is 9.17. The van der Waals surface area contributed by atoms with Crippen LogP contribution in [-0.4, -0.2) is 10.7 Å². The summed E-state index contributed by atoms with van der Waals surface area (Å²) in [5, 5.41) is 9.59. The molecule has 1 rings (SSSR count). The number of hydrogen-bond donors (Lipinski definition) is 1. The Morgan fingerprint density at radius 1 is 1.62 bits per heavy atom. The molecule has 0 aliphatic rings. The molecule has 1 heterocycles. The van der Waals surface area contributed by atoms with Crippen molar-refractivity contribution in [2.45, 2.75) is 25.9 Å². The van der Waals surface area contributed by atoms with Crippen molar-refractivity contribution >= 4 is 22.9 Å². The second kappa shape index (κ2) is 4.15. The summed E-state index contributed by atoms with van der Waals surface area (Å²) in [5.74, 6) is 5.69. The monoisotopic (exact) mass is 214 g/mol. The second-order valence-corrected chi connectivity index (χ2v) is 4.70. The van der Waals surface area contributed by atoms with E-state index in [0.717, 1.165) is 9.21 Å². The molecule has 1 N–H and O–H groups in total. The normalized spacial score (nSPS) is 14.5. The van der Waals surface area contributed by atoms with Gasteiger partial charge in [0.15, 0.2) is 0 Å². The summed E-state index contributed by atoms with van der Waals surface area (Å²) in [4.78, 5) is 0.888. The van der Waals surface area contributed by atoms with Crippen molar-refractivity contribution in [3.8, 4) is 11.8 Å². The molecule has 3 heteroatoms. The third-order valence-electron chi connectivity index (χ3n) is 1.72. The summed E-state index contributed by atoms with van der Waals surface area (Å²) in [6.45, 7) is 3.60. The molecule has 1 aromatic heterocycles. The fourth-order valence-corrected chi connectivity index (χ4v) is 1.56. The van der Waals surface area contributed by atoms with E-state index >= 15 is 0 Å². The van der Waals surface area contributed by atoms with Crippen LogP contribution >= 0.6 is 22.9 Å². The maximum atomic E-state index is 9.59. The van der Waals surface area contributed by atoms with Crippen LogP contribution in [0.3, 0.4) is 0 Å². The molecule has 1 nitrogen and oxygen atoms in total. The summed E-state index contributed by atoms with van der Waals surface area (Å²) < 4.78 is 0.723. The lowest BCUT2D eigenvalue weighted by Crippen LogP contribution is -2.19. The Morgan fingerprint density at radius 3 is 2.77 bits per heavy atom. The SMILES string of the molecule is CCC(C)(O)C#Cc1ccc(Cl)s1. The van der Waals surface area contributed by atoms with Gasteiger partial charge < -0.3 is 5.11 Å².